The number of aromatic nitrogens is 1. The number of nitrogens with two attached hydrogens (primary N) is 1. The van der Waals surface area contributed by atoms with Crippen molar-refractivity contribution in [3.63, 3.8) is 0 Å². The van der Waals surface area contributed by atoms with Crippen molar-refractivity contribution < 1.29 is 9.59 Å². The van der Waals surface area contributed by atoms with Crippen molar-refractivity contribution in [1.82, 2.24) is 14.6 Å². The van der Waals surface area contributed by atoms with E-state index in [2.05, 4.69) is 28.4 Å². The molecule has 0 aliphatic rings. The maximum Gasteiger partial charge on any atom is 0.327 e. The summed E-state index contributed by atoms with van der Waals surface area (Å²) in [7, 11) is 0. The zero-order valence-electron chi connectivity index (χ0n) is 13.8. The highest BCUT2D eigenvalue weighted by Gasteiger charge is 2.15. The van der Waals surface area contributed by atoms with Crippen LogP contribution in [-0.4, -0.2) is 34.3 Å². The summed E-state index contributed by atoms with van der Waals surface area (Å²) in [6.45, 7) is 2.60. The van der Waals surface area contributed by atoms with Crippen LogP contribution in [0.15, 0.2) is 48.8 Å². The number of hydrogen-bond donors (Lipinski definition) is 4. The smallest absolute Gasteiger partial charge is 0.327 e. The minimum absolute atomic E-state index is 0.218. The first-order valence-electron chi connectivity index (χ1n) is 7.82. The highest BCUT2D eigenvalue weighted by Crippen LogP contribution is 2.15. The van der Waals surface area contributed by atoms with Crippen LogP contribution >= 0.6 is 12.8 Å². The molecule has 0 aliphatic carbocycles. The van der Waals surface area contributed by atoms with Crippen molar-refractivity contribution in [2.75, 3.05) is 18.4 Å². The highest BCUT2D eigenvalue weighted by molar-refractivity contribution is 7.78. The summed E-state index contributed by atoms with van der Waals surface area (Å²) in [6.07, 6.45) is 3.21. The second kappa shape index (κ2) is 9.05. The first kappa shape index (κ1) is 18.8. The normalized spacial score (nSPS) is 11.5. The monoisotopic (exact) mass is 359 g/mol. The Morgan fingerprint density at radius 2 is 1.84 bits per heavy atom. The summed E-state index contributed by atoms with van der Waals surface area (Å²) in [6, 6.07) is 9.65. The van der Waals surface area contributed by atoms with Crippen molar-refractivity contribution >= 4 is 30.4 Å². The second-order valence-electron chi connectivity index (χ2n) is 5.34. The molecule has 0 saturated carbocycles. The van der Waals surface area contributed by atoms with Gasteiger partial charge in [-0.15, -0.1) is 0 Å². The Kier molecular flexibility index (Phi) is 6.79. The summed E-state index contributed by atoms with van der Waals surface area (Å²) in [5.41, 5.74) is 8.10. The fourth-order valence-electron chi connectivity index (χ4n) is 2.14. The summed E-state index contributed by atoms with van der Waals surface area (Å²) in [4.78, 5) is 27.8. The van der Waals surface area contributed by atoms with Gasteiger partial charge in [-0.1, -0.05) is 24.9 Å². The molecule has 0 saturated heterocycles. The van der Waals surface area contributed by atoms with Gasteiger partial charge in [0.1, 0.15) is 0 Å². The maximum absolute atomic E-state index is 12.2. The van der Waals surface area contributed by atoms with Crippen LogP contribution in [0, 0.1) is 0 Å². The maximum atomic E-state index is 12.2. The molecular formula is C17H21N5O2S. The molecule has 132 valence electrons. The molecule has 1 heterocycles. The summed E-state index contributed by atoms with van der Waals surface area (Å²) < 4.78 is 1.23. The van der Waals surface area contributed by atoms with Crippen LogP contribution in [0.5, 0.6) is 0 Å². The van der Waals surface area contributed by atoms with E-state index in [-0.39, 0.29) is 18.5 Å². The Hall–Kier alpha value is -2.58. The predicted molar refractivity (Wildman–Crippen MR) is 100 cm³/mol. The lowest BCUT2D eigenvalue weighted by Crippen LogP contribution is -2.37. The van der Waals surface area contributed by atoms with Gasteiger partial charge in [-0.05, 0) is 36.8 Å². The van der Waals surface area contributed by atoms with Gasteiger partial charge in [0, 0.05) is 36.2 Å². The second-order valence-corrected chi connectivity index (χ2v) is 5.82. The number of carbonyl (C=O) groups excluding carboxylic acids is 2. The number of amides is 3. The molecule has 2 rings (SSSR count). The van der Waals surface area contributed by atoms with Gasteiger partial charge in [-0.25, -0.2) is 4.79 Å². The molecule has 1 unspecified atom stereocenters. The number of rotatable bonds is 6. The quantitative estimate of drug-likeness (QED) is 0.594. The number of pyridine rings is 1. The van der Waals surface area contributed by atoms with Crippen molar-refractivity contribution in [2.24, 2.45) is 5.73 Å². The molecule has 0 aliphatic heterocycles. The fraction of sp³-hybridized carbons (Fsp3) is 0.235. The Bertz CT molecular complexity index is 709. The van der Waals surface area contributed by atoms with Crippen LogP contribution in [0.25, 0.3) is 0 Å². The van der Waals surface area contributed by atoms with E-state index in [1.54, 1.807) is 48.8 Å². The van der Waals surface area contributed by atoms with E-state index < -0.39 is 6.04 Å². The van der Waals surface area contributed by atoms with Crippen molar-refractivity contribution in [1.29, 1.82) is 0 Å². The molecule has 0 radical (unpaired) electrons. The lowest BCUT2D eigenvalue weighted by atomic mass is 10.1. The Balaban J connectivity index is 1.96. The molecule has 1 aromatic heterocycles. The predicted octanol–water partition coefficient (Wildman–Crippen LogP) is 2.21. The number of nitrogens with one attached hydrogen (secondary N) is 2. The molecule has 0 fully saturated rings. The SMILES string of the molecule is CCNC(=O)N(S)CC(N)c1ccc(C(=O)Nc2ccncc2)cc1. The van der Waals surface area contributed by atoms with E-state index >= 15 is 0 Å². The van der Waals surface area contributed by atoms with Gasteiger partial charge < -0.3 is 16.4 Å². The molecular weight excluding hydrogens is 338 g/mol. The lowest BCUT2D eigenvalue weighted by molar-refractivity contribution is 0.102. The Morgan fingerprint density at radius 3 is 2.44 bits per heavy atom. The third kappa shape index (κ3) is 5.47. The van der Waals surface area contributed by atoms with Gasteiger partial charge in [-0.3, -0.25) is 14.1 Å². The van der Waals surface area contributed by atoms with Crippen molar-refractivity contribution in [3.05, 3.63) is 59.9 Å². The molecule has 1 aromatic carbocycles. The van der Waals surface area contributed by atoms with Crippen LogP contribution in [0.3, 0.4) is 0 Å². The van der Waals surface area contributed by atoms with Crippen molar-refractivity contribution in [2.45, 2.75) is 13.0 Å². The Morgan fingerprint density at radius 1 is 1.20 bits per heavy atom. The van der Waals surface area contributed by atoms with E-state index in [4.69, 9.17) is 5.73 Å². The van der Waals surface area contributed by atoms with E-state index in [0.29, 0.717) is 17.8 Å². The number of benzene rings is 1. The zero-order chi connectivity index (χ0) is 18.2. The van der Waals surface area contributed by atoms with E-state index in [1.807, 2.05) is 6.92 Å². The molecule has 25 heavy (non-hydrogen) atoms. The first-order chi connectivity index (χ1) is 12.0. The largest absolute Gasteiger partial charge is 0.338 e. The van der Waals surface area contributed by atoms with Gasteiger partial charge in [0.2, 0.25) is 0 Å². The van der Waals surface area contributed by atoms with Crippen LogP contribution in [-0.2, 0) is 0 Å². The summed E-state index contributed by atoms with van der Waals surface area (Å²) in [5, 5.41) is 5.43. The van der Waals surface area contributed by atoms with Gasteiger partial charge in [0.25, 0.3) is 5.91 Å². The topological polar surface area (TPSA) is 100 Å². The van der Waals surface area contributed by atoms with Gasteiger partial charge >= 0.3 is 6.03 Å². The summed E-state index contributed by atoms with van der Waals surface area (Å²) in [5.74, 6) is -0.218. The van der Waals surface area contributed by atoms with Crippen LogP contribution in [0.1, 0.15) is 28.9 Å². The number of thiol groups is 1. The minimum atomic E-state index is -0.405. The summed E-state index contributed by atoms with van der Waals surface area (Å²) >= 11 is 4.13. The lowest BCUT2D eigenvalue weighted by Gasteiger charge is -2.20. The van der Waals surface area contributed by atoms with Gasteiger partial charge in [0.15, 0.2) is 0 Å². The van der Waals surface area contributed by atoms with Crippen molar-refractivity contribution in [3.8, 4) is 0 Å². The molecule has 8 heteroatoms. The third-order valence-corrected chi connectivity index (χ3v) is 3.82. The number of urea groups is 1. The molecule has 0 bridgehead atoms. The van der Waals surface area contributed by atoms with E-state index in [0.717, 1.165) is 5.56 Å². The molecule has 3 amide bonds. The number of anilines is 1. The van der Waals surface area contributed by atoms with Gasteiger partial charge in [0.05, 0.1) is 6.54 Å². The number of hydrogen-bond acceptors (Lipinski definition) is 5. The average Bonchev–Trinajstić information content (AvgIpc) is 2.62. The molecule has 4 N–H and O–H groups in total. The van der Waals surface area contributed by atoms with Crippen LogP contribution in [0.2, 0.25) is 0 Å². The standard InChI is InChI=1S/C17H21N5O2S/c1-2-20-17(24)22(25)11-15(18)12-3-5-13(6-4-12)16(23)21-14-7-9-19-10-8-14/h3-10,15,25H,2,11,18H2,1H3,(H,20,24)(H,19,21,23). The minimum Gasteiger partial charge on any atom is -0.338 e. The molecule has 7 nitrogen and oxygen atoms in total. The third-order valence-electron chi connectivity index (χ3n) is 3.47. The first-order valence-corrected chi connectivity index (χ1v) is 8.22. The number of carbonyl (C=O) groups is 2. The Labute approximate surface area is 152 Å². The van der Waals surface area contributed by atoms with E-state index in [1.165, 1.54) is 4.31 Å². The molecule has 2 aromatic rings. The van der Waals surface area contributed by atoms with Gasteiger partial charge in [-0.2, -0.15) is 0 Å². The fourth-order valence-corrected chi connectivity index (χ4v) is 2.38. The highest BCUT2D eigenvalue weighted by atomic mass is 32.1. The zero-order valence-corrected chi connectivity index (χ0v) is 14.7. The van der Waals surface area contributed by atoms with E-state index in [9.17, 15) is 9.59 Å². The van der Waals surface area contributed by atoms with Crippen LogP contribution in [0.4, 0.5) is 10.5 Å². The average molecular weight is 359 g/mol. The van der Waals surface area contributed by atoms with Crippen LogP contribution < -0.4 is 16.4 Å². The molecule has 0 spiro atoms. The number of nitrogens with zero attached hydrogens (tertiary/aromatic N) is 2. The molecule has 1 atom stereocenters.